The molecule has 0 spiro atoms. The molecule has 0 aromatic heterocycles. The van der Waals surface area contributed by atoms with Gasteiger partial charge < -0.3 is 15.8 Å². The molecule has 0 aromatic carbocycles. The maximum Gasteiger partial charge on any atom is 0.221 e. The number of carbonyl (C=O) groups is 1. The fourth-order valence-corrected chi connectivity index (χ4v) is 2.16. The fraction of sp³-hybridized carbons (Fsp3) is 0.917. The van der Waals surface area contributed by atoms with Crippen LogP contribution in [0.15, 0.2) is 0 Å². The molecule has 17 heavy (non-hydrogen) atoms. The summed E-state index contributed by atoms with van der Waals surface area (Å²) in [6.45, 7) is 2.22. The van der Waals surface area contributed by atoms with Gasteiger partial charge in [-0.1, -0.05) is 0 Å². The molecule has 1 rings (SSSR count). The molecule has 0 saturated carbocycles. The van der Waals surface area contributed by atoms with Crippen molar-refractivity contribution < 1.29 is 9.53 Å². The summed E-state index contributed by atoms with van der Waals surface area (Å²) in [5.74, 6) is 0.0388. The van der Waals surface area contributed by atoms with E-state index >= 15 is 0 Å². The van der Waals surface area contributed by atoms with Crippen molar-refractivity contribution >= 4 is 5.91 Å². The Morgan fingerprint density at radius 2 is 2.35 bits per heavy atom. The van der Waals surface area contributed by atoms with Gasteiger partial charge in [-0.3, -0.25) is 9.69 Å². The Morgan fingerprint density at radius 1 is 1.59 bits per heavy atom. The Labute approximate surface area is 104 Å². The van der Waals surface area contributed by atoms with E-state index in [0.717, 1.165) is 19.6 Å². The summed E-state index contributed by atoms with van der Waals surface area (Å²) in [7, 11) is 3.67. The lowest BCUT2D eigenvalue weighted by atomic mass is 10.1. The highest BCUT2D eigenvalue weighted by Gasteiger charge is 2.21. The zero-order valence-electron chi connectivity index (χ0n) is 10.9. The molecule has 5 heteroatoms. The molecule has 1 saturated heterocycles. The van der Waals surface area contributed by atoms with E-state index in [1.54, 1.807) is 7.05 Å². The number of nitrogens with one attached hydrogen (secondary N) is 1. The summed E-state index contributed by atoms with van der Waals surface area (Å²) in [5.41, 5.74) is 5.72. The van der Waals surface area contributed by atoms with Crippen LogP contribution in [0.1, 0.15) is 25.7 Å². The minimum atomic E-state index is 0.0388. The van der Waals surface area contributed by atoms with Crippen LogP contribution in [0.5, 0.6) is 0 Å². The zero-order valence-corrected chi connectivity index (χ0v) is 10.9. The van der Waals surface area contributed by atoms with Gasteiger partial charge in [0, 0.05) is 39.2 Å². The van der Waals surface area contributed by atoms with Crippen LogP contribution < -0.4 is 11.1 Å². The van der Waals surface area contributed by atoms with Crippen LogP contribution in [0.4, 0.5) is 0 Å². The molecule has 1 fully saturated rings. The third kappa shape index (κ3) is 5.02. The summed E-state index contributed by atoms with van der Waals surface area (Å²) < 4.78 is 5.69. The average molecular weight is 243 g/mol. The summed E-state index contributed by atoms with van der Waals surface area (Å²) >= 11 is 0. The van der Waals surface area contributed by atoms with Gasteiger partial charge in [-0.05, 0) is 26.3 Å². The molecule has 1 aliphatic heterocycles. The van der Waals surface area contributed by atoms with Crippen LogP contribution in [0.25, 0.3) is 0 Å². The largest absolute Gasteiger partial charge is 0.377 e. The maximum absolute atomic E-state index is 11.4. The van der Waals surface area contributed by atoms with Gasteiger partial charge in [0.05, 0.1) is 6.10 Å². The number of rotatable bonds is 6. The molecule has 5 nitrogen and oxygen atoms in total. The van der Waals surface area contributed by atoms with Gasteiger partial charge >= 0.3 is 0 Å². The average Bonchev–Trinajstić information content (AvgIpc) is 2.36. The van der Waals surface area contributed by atoms with E-state index in [1.807, 2.05) is 7.05 Å². The summed E-state index contributed by atoms with van der Waals surface area (Å²) in [4.78, 5) is 13.5. The van der Waals surface area contributed by atoms with Crippen molar-refractivity contribution in [1.82, 2.24) is 10.2 Å². The Kier molecular flexibility index (Phi) is 6.47. The van der Waals surface area contributed by atoms with Crippen molar-refractivity contribution in [3.8, 4) is 0 Å². The van der Waals surface area contributed by atoms with Crippen molar-refractivity contribution in [2.45, 2.75) is 37.8 Å². The molecule has 1 aliphatic rings. The van der Waals surface area contributed by atoms with Crippen molar-refractivity contribution in [2.24, 2.45) is 5.73 Å². The predicted molar refractivity (Wildman–Crippen MR) is 67.7 cm³/mol. The van der Waals surface area contributed by atoms with Gasteiger partial charge in [-0.2, -0.15) is 0 Å². The highest BCUT2D eigenvalue weighted by Crippen LogP contribution is 2.14. The minimum Gasteiger partial charge on any atom is -0.377 e. The molecule has 0 radical (unpaired) electrons. The van der Waals surface area contributed by atoms with Crippen LogP contribution in [0, 0.1) is 0 Å². The first kappa shape index (κ1) is 14.4. The smallest absolute Gasteiger partial charge is 0.221 e. The number of nitrogens with two attached hydrogens (primary N) is 1. The lowest BCUT2D eigenvalue weighted by molar-refractivity contribution is -0.121. The molecule has 100 valence electrons. The molecule has 0 bridgehead atoms. The Morgan fingerprint density at radius 3 is 2.88 bits per heavy atom. The number of ether oxygens (including phenoxy) is 1. The summed E-state index contributed by atoms with van der Waals surface area (Å²) in [6, 6.07) is 0.0977. The van der Waals surface area contributed by atoms with Crippen LogP contribution in [0.3, 0.4) is 0 Å². The highest BCUT2D eigenvalue weighted by atomic mass is 16.5. The number of amides is 1. The van der Waals surface area contributed by atoms with E-state index in [1.165, 1.54) is 12.8 Å². The zero-order chi connectivity index (χ0) is 12.7. The van der Waals surface area contributed by atoms with Crippen molar-refractivity contribution in [3.63, 3.8) is 0 Å². The first-order valence-corrected chi connectivity index (χ1v) is 6.39. The Bertz CT molecular complexity index is 230. The highest BCUT2D eigenvalue weighted by molar-refractivity contribution is 5.76. The second kappa shape index (κ2) is 7.63. The number of nitrogens with zero attached hydrogens (tertiary/aromatic N) is 1. The van der Waals surface area contributed by atoms with E-state index in [0.29, 0.717) is 19.1 Å². The van der Waals surface area contributed by atoms with Crippen LogP contribution >= 0.6 is 0 Å². The minimum absolute atomic E-state index is 0.0388. The van der Waals surface area contributed by atoms with E-state index in [9.17, 15) is 4.79 Å². The molecule has 0 aliphatic carbocycles. The Balaban J connectivity index is 2.36. The van der Waals surface area contributed by atoms with E-state index in [-0.39, 0.29) is 11.9 Å². The normalized spacial score (nSPS) is 22.5. The van der Waals surface area contributed by atoms with E-state index < -0.39 is 0 Å². The lowest BCUT2D eigenvalue weighted by Gasteiger charge is -2.32. The molecular formula is C12H25N3O2. The standard InChI is InChI=1S/C12H25N3O2/c1-14-12(16)7-10(8-13)15(2)9-11-5-3-4-6-17-11/h10-11H,3-9,13H2,1-2H3,(H,14,16). The van der Waals surface area contributed by atoms with E-state index in [2.05, 4.69) is 10.2 Å². The molecule has 2 atom stereocenters. The van der Waals surface area contributed by atoms with Crippen molar-refractivity contribution in [2.75, 3.05) is 33.8 Å². The van der Waals surface area contributed by atoms with Crippen molar-refractivity contribution in [3.05, 3.63) is 0 Å². The second-order valence-electron chi connectivity index (χ2n) is 4.69. The summed E-state index contributed by atoms with van der Waals surface area (Å²) in [5, 5.41) is 2.64. The van der Waals surface area contributed by atoms with Gasteiger partial charge in [-0.25, -0.2) is 0 Å². The van der Waals surface area contributed by atoms with Gasteiger partial charge in [0.1, 0.15) is 0 Å². The lowest BCUT2D eigenvalue weighted by Crippen LogP contribution is -2.45. The van der Waals surface area contributed by atoms with Gasteiger partial charge in [-0.15, -0.1) is 0 Å². The molecule has 1 heterocycles. The predicted octanol–water partition coefficient (Wildman–Crippen LogP) is -0.0493. The number of hydrogen-bond donors (Lipinski definition) is 2. The third-order valence-electron chi connectivity index (χ3n) is 3.36. The fourth-order valence-electron chi connectivity index (χ4n) is 2.16. The van der Waals surface area contributed by atoms with E-state index in [4.69, 9.17) is 10.5 Å². The quantitative estimate of drug-likeness (QED) is 0.686. The van der Waals surface area contributed by atoms with Crippen LogP contribution in [0.2, 0.25) is 0 Å². The van der Waals surface area contributed by atoms with Crippen molar-refractivity contribution in [1.29, 1.82) is 0 Å². The SMILES string of the molecule is CNC(=O)CC(CN)N(C)CC1CCCCO1. The monoisotopic (exact) mass is 243 g/mol. The maximum atomic E-state index is 11.4. The topological polar surface area (TPSA) is 67.6 Å². The molecule has 3 N–H and O–H groups in total. The van der Waals surface area contributed by atoms with Gasteiger partial charge in [0.25, 0.3) is 0 Å². The molecule has 1 amide bonds. The van der Waals surface area contributed by atoms with Crippen LogP contribution in [-0.4, -0.2) is 56.7 Å². The number of hydrogen-bond acceptors (Lipinski definition) is 4. The first-order chi connectivity index (χ1) is 8.17. The number of carbonyl (C=O) groups excluding carboxylic acids is 1. The second-order valence-corrected chi connectivity index (χ2v) is 4.69. The summed E-state index contributed by atoms with van der Waals surface area (Å²) in [6.07, 6.45) is 4.27. The third-order valence-corrected chi connectivity index (χ3v) is 3.36. The first-order valence-electron chi connectivity index (χ1n) is 6.39. The molecular weight excluding hydrogens is 218 g/mol. The van der Waals surface area contributed by atoms with Crippen LogP contribution in [-0.2, 0) is 9.53 Å². The van der Waals surface area contributed by atoms with Gasteiger partial charge in [0.2, 0.25) is 5.91 Å². The number of likely N-dealkylation sites (N-methyl/N-ethyl adjacent to an activating group) is 1. The molecule has 0 aromatic rings. The molecule has 2 unspecified atom stereocenters. The Hall–Kier alpha value is -0.650. The van der Waals surface area contributed by atoms with Gasteiger partial charge in [0.15, 0.2) is 0 Å².